The van der Waals surface area contributed by atoms with Gasteiger partial charge in [-0.15, -0.1) is 0 Å². The second-order valence-corrected chi connectivity index (χ2v) is 9.06. The highest BCUT2D eigenvalue weighted by atomic mass is 16.7. The largest absolute Gasteiger partial charge is 0.491 e. The number of hydrogen-bond donors (Lipinski definition) is 1. The van der Waals surface area contributed by atoms with E-state index in [0.29, 0.717) is 23.8 Å². The number of benzene rings is 2. The Labute approximate surface area is 192 Å². The number of rotatable bonds is 5. The fraction of sp³-hybridized carbons (Fsp3) is 0.440. The Balaban J connectivity index is 1.24. The molecule has 4 aliphatic rings. The number of hydrogen-bond acceptors (Lipinski definition) is 6. The van der Waals surface area contributed by atoms with Gasteiger partial charge in [-0.05, 0) is 43.6 Å². The summed E-state index contributed by atoms with van der Waals surface area (Å²) in [4.78, 5) is 30.7. The molecule has 1 N–H and O–H groups in total. The van der Waals surface area contributed by atoms with Crippen molar-refractivity contribution in [2.45, 2.75) is 24.7 Å². The Kier molecular flexibility index (Phi) is 4.90. The average molecular weight is 450 g/mol. The maximum Gasteiger partial charge on any atom is 0.246 e. The SMILES string of the molecule is O=C(CN1C(=O)C2(COc3cc4c(cc32)OCO4)c2ccccc21)NCCN1CCCCC1. The molecule has 4 heterocycles. The van der Waals surface area contributed by atoms with Crippen LogP contribution >= 0.6 is 0 Å². The molecule has 2 aromatic carbocycles. The van der Waals surface area contributed by atoms with Crippen LogP contribution in [0.1, 0.15) is 30.4 Å². The van der Waals surface area contributed by atoms with E-state index in [9.17, 15) is 9.59 Å². The maximum absolute atomic E-state index is 13.9. The van der Waals surface area contributed by atoms with Crippen LogP contribution in [0.15, 0.2) is 36.4 Å². The first-order valence-electron chi connectivity index (χ1n) is 11.6. The van der Waals surface area contributed by atoms with Crippen LogP contribution < -0.4 is 24.4 Å². The van der Waals surface area contributed by atoms with Crippen molar-refractivity contribution in [3.8, 4) is 17.2 Å². The number of piperidine rings is 1. The number of carbonyl (C=O) groups excluding carboxylic acids is 2. The van der Waals surface area contributed by atoms with E-state index in [-0.39, 0.29) is 31.8 Å². The van der Waals surface area contributed by atoms with Gasteiger partial charge in [-0.3, -0.25) is 9.59 Å². The zero-order valence-corrected chi connectivity index (χ0v) is 18.5. The lowest BCUT2D eigenvalue weighted by Crippen LogP contribution is -2.47. The molecule has 0 radical (unpaired) electrons. The van der Waals surface area contributed by atoms with Crippen molar-refractivity contribution in [1.29, 1.82) is 0 Å². The number of fused-ring (bicyclic) bond motifs is 5. The van der Waals surface area contributed by atoms with Gasteiger partial charge in [-0.1, -0.05) is 24.6 Å². The Morgan fingerprint density at radius 1 is 0.970 bits per heavy atom. The van der Waals surface area contributed by atoms with Crippen molar-refractivity contribution in [2.75, 3.05) is 51.0 Å². The van der Waals surface area contributed by atoms with Gasteiger partial charge < -0.3 is 29.3 Å². The predicted octanol–water partition coefficient (Wildman–Crippen LogP) is 2.04. The van der Waals surface area contributed by atoms with Gasteiger partial charge in [0.2, 0.25) is 18.6 Å². The monoisotopic (exact) mass is 449 g/mol. The summed E-state index contributed by atoms with van der Waals surface area (Å²) in [6, 6.07) is 11.3. The zero-order valence-electron chi connectivity index (χ0n) is 18.5. The van der Waals surface area contributed by atoms with Gasteiger partial charge in [0.15, 0.2) is 11.5 Å². The molecule has 6 rings (SSSR count). The average Bonchev–Trinajstić information content (AvgIpc) is 3.51. The van der Waals surface area contributed by atoms with E-state index in [0.717, 1.165) is 36.4 Å². The third-order valence-electron chi connectivity index (χ3n) is 7.14. The lowest BCUT2D eigenvalue weighted by atomic mass is 9.77. The number of nitrogens with one attached hydrogen (secondary N) is 1. The van der Waals surface area contributed by atoms with Gasteiger partial charge in [0.1, 0.15) is 24.3 Å². The van der Waals surface area contributed by atoms with Gasteiger partial charge in [-0.2, -0.15) is 0 Å². The lowest BCUT2D eigenvalue weighted by molar-refractivity contribution is -0.125. The number of para-hydroxylation sites is 1. The molecule has 172 valence electrons. The Hall–Kier alpha value is -3.26. The van der Waals surface area contributed by atoms with Gasteiger partial charge >= 0.3 is 0 Å². The molecule has 4 aliphatic heterocycles. The topological polar surface area (TPSA) is 80.3 Å². The van der Waals surface area contributed by atoms with Crippen LogP contribution in [-0.2, 0) is 15.0 Å². The fourth-order valence-electron chi connectivity index (χ4n) is 5.46. The standard InChI is InChI=1S/C25H27N3O5/c29-23(26-8-11-27-9-4-1-5-10-27)14-28-19-7-3-2-6-17(19)25(24(28)30)15-31-20-13-22-21(12-18(20)25)32-16-33-22/h2-3,6-7,12-13H,1,4-5,8-11,14-16H2,(H,26,29). The van der Waals surface area contributed by atoms with Crippen LogP contribution in [0.5, 0.6) is 17.2 Å². The summed E-state index contributed by atoms with van der Waals surface area (Å²) in [5.74, 6) is 1.55. The molecule has 0 saturated carbocycles. The number of amides is 2. The Bertz CT molecular complexity index is 1110. The molecule has 33 heavy (non-hydrogen) atoms. The molecular formula is C25H27N3O5. The highest BCUT2D eigenvalue weighted by Crippen LogP contribution is 2.54. The molecule has 1 saturated heterocycles. The quantitative estimate of drug-likeness (QED) is 0.753. The minimum absolute atomic E-state index is 0.0164. The third kappa shape index (κ3) is 3.23. The first-order valence-corrected chi connectivity index (χ1v) is 11.6. The summed E-state index contributed by atoms with van der Waals surface area (Å²) in [6.07, 6.45) is 3.73. The van der Waals surface area contributed by atoms with E-state index in [4.69, 9.17) is 14.2 Å². The van der Waals surface area contributed by atoms with Crippen LogP contribution in [0, 0.1) is 0 Å². The summed E-state index contributed by atoms with van der Waals surface area (Å²) in [6.45, 7) is 3.94. The lowest BCUT2D eigenvalue weighted by Gasteiger charge is -2.26. The van der Waals surface area contributed by atoms with Crippen LogP contribution in [0.25, 0.3) is 0 Å². The minimum atomic E-state index is -0.985. The van der Waals surface area contributed by atoms with Crippen molar-refractivity contribution in [3.05, 3.63) is 47.5 Å². The molecule has 0 aliphatic carbocycles. The maximum atomic E-state index is 13.9. The van der Waals surface area contributed by atoms with Crippen LogP contribution in [0.3, 0.4) is 0 Å². The van der Waals surface area contributed by atoms with Crippen molar-refractivity contribution < 1.29 is 23.8 Å². The van der Waals surface area contributed by atoms with E-state index in [1.807, 2.05) is 30.3 Å². The molecular weight excluding hydrogens is 422 g/mol. The number of likely N-dealkylation sites (tertiary alicyclic amines) is 1. The van der Waals surface area contributed by atoms with Crippen molar-refractivity contribution in [2.24, 2.45) is 0 Å². The van der Waals surface area contributed by atoms with E-state index in [1.54, 1.807) is 11.0 Å². The molecule has 1 atom stereocenters. The molecule has 0 bridgehead atoms. The Morgan fingerprint density at radius 3 is 2.61 bits per heavy atom. The zero-order chi connectivity index (χ0) is 22.4. The highest BCUT2D eigenvalue weighted by molar-refractivity contribution is 6.13. The van der Waals surface area contributed by atoms with Crippen molar-refractivity contribution in [3.63, 3.8) is 0 Å². The number of anilines is 1. The molecule has 1 unspecified atom stereocenters. The normalized spacial score (nSPS) is 22.9. The minimum Gasteiger partial charge on any atom is -0.491 e. The van der Waals surface area contributed by atoms with Gasteiger partial charge in [0.25, 0.3) is 0 Å². The summed E-state index contributed by atoms with van der Waals surface area (Å²) >= 11 is 0. The molecule has 2 aromatic rings. The van der Waals surface area contributed by atoms with E-state index in [2.05, 4.69) is 10.2 Å². The van der Waals surface area contributed by atoms with Crippen LogP contribution in [0.2, 0.25) is 0 Å². The summed E-state index contributed by atoms with van der Waals surface area (Å²) in [7, 11) is 0. The second-order valence-electron chi connectivity index (χ2n) is 9.06. The first-order chi connectivity index (χ1) is 16.2. The Morgan fingerprint density at radius 2 is 1.76 bits per heavy atom. The van der Waals surface area contributed by atoms with Crippen molar-refractivity contribution in [1.82, 2.24) is 10.2 Å². The highest BCUT2D eigenvalue weighted by Gasteiger charge is 2.57. The van der Waals surface area contributed by atoms with E-state index >= 15 is 0 Å². The van der Waals surface area contributed by atoms with Gasteiger partial charge in [0, 0.05) is 30.4 Å². The molecule has 1 spiro atoms. The molecule has 2 amide bonds. The molecule has 8 heteroatoms. The summed E-state index contributed by atoms with van der Waals surface area (Å²) in [5, 5.41) is 3.00. The van der Waals surface area contributed by atoms with Crippen LogP contribution in [-0.4, -0.2) is 62.8 Å². The van der Waals surface area contributed by atoms with Crippen LogP contribution in [0.4, 0.5) is 5.69 Å². The second kappa shape index (κ2) is 7.95. The number of nitrogens with zero attached hydrogens (tertiary/aromatic N) is 2. The van der Waals surface area contributed by atoms with Gasteiger partial charge in [-0.25, -0.2) is 0 Å². The number of carbonyl (C=O) groups is 2. The fourth-order valence-corrected chi connectivity index (χ4v) is 5.46. The molecule has 8 nitrogen and oxygen atoms in total. The summed E-state index contributed by atoms with van der Waals surface area (Å²) in [5.41, 5.74) is 1.38. The third-order valence-corrected chi connectivity index (χ3v) is 7.14. The molecule has 0 aromatic heterocycles. The predicted molar refractivity (Wildman–Crippen MR) is 121 cm³/mol. The molecule has 1 fully saturated rings. The van der Waals surface area contributed by atoms with E-state index in [1.165, 1.54) is 19.3 Å². The van der Waals surface area contributed by atoms with E-state index < -0.39 is 5.41 Å². The summed E-state index contributed by atoms with van der Waals surface area (Å²) < 4.78 is 17.0. The van der Waals surface area contributed by atoms with Crippen molar-refractivity contribution >= 4 is 17.5 Å². The smallest absolute Gasteiger partial charge is 0.246 e. The van der Waals surface area contributed by atoms with Gasteiger partial charge in [0.05, 0.1) is 0 Å². The number of ether oxygens (including phenoxy) is 3. The first kappa shape index (κ1) is 20.4.